The first kappa shape index (κ1) is 22.9. The van der Waals surface area contributed by atoms with Crippen molar-refractivity contribution in [3.63, 3.8) is 0 Å². The van der Waals surface area contributed by atoms with Crippen LogP contribution in [0.1, 0.15) is 75.1 Å². The lowest BCUT2D eigenvalue weighted by molar-refractivity contribution is -0.137. The molecular weight excluding hydrogens is 388 g/mol. The van der Waals surface area contributed by atoms with E-state index in [1.807, 2.05) is 24.3 Å². The minimum Gasteiger partial charge on any atom is -0.489 e. The average molecular weight is 423 g/mol. The third kappa shape index (κ3) is 5.09. The van der Waals surface area contributed by atoms with Gasteiger partial charge in [0.25, 0.3) is 0 Å². The topological polar surface area (TPSA) is 84.9 Å². The molecular formula is C26H34N2O3. The Balaban J connectivity index is 1.74. The van der Waals surface area contributed by atoms with Crippen LogP contribution in [0.3, 0.4) is 0 Å². The fourth-order valence-electron chi connectivity index (χ4n) is 4.41. The zero-order chi connectivity index (χ0) is 22.8. The maximum atomic E-state index is 11.2. The molecule has 0 unspecified atom stereocenters. The summed E-state index contributed by atoms with van der Waals surface area (Å²) in [6.45, 7) is 9.78. The van der Waals surface area contributed by atoms with E-state index in [1.54, 1.807) is 7.05 Å². The molecule has 0 aliphatic heterocycles. The lowest BCUT2D eigenvalue weighted by Crippen LogP contribution is -2.33. The summed E-state index contributed by atoms with van der Waals surface area (Å²) < 4.78 is 6.03. The highest BCUT2D eigenvalue weighted by Gasteiger charge is 2.36. The highest BCUT2D eigenvalue weighted by molar-refractivity contribution is 5.90. The molecule has 31 heavy (non-hydrogen) atoms. The molecule has 166 valence electrons. The molecule has 0 amide bonds. The Hall–Kier alpha value is -2.82. The van der Waals surface area contributed by atoms with Gasteiger partial charge in [-0.1, -0.05) is 58.0 Å². The minimum atomic E-state index is -0.907. The second kappa shape index (κ2) is 8.74. The van der Waals surface area contributed by atoms with E-state index in [4.69, 9.17) is 10.5 Å². The van der Waals surface area contributed by atoms with Gasteiger partial charge < -0.3 is 15.6 Å². The number of amidine groups is 1. The van der Waals surface area contributed by atoms with E-state index in [9.17, 15) is 9.90 Å². The molecule has 1 atom stereocenters. The Kier molecular flexibility index (Phi) is 6.44. The molecule has 2 aromatic carbocycles. The van der Waals surface area contributed by atoms with Crippen LogP contribution in [0.15, 0.2) is 47.5 Å². The molecule has 0 aromatic heterocycles. The van der Waals surface area contributed by atoms with Crippen molar-refractivity contribution < 1.29 is 14.6 Å². The summed E-state index contributed by atoms with van der Waals surface area (Å²) in [6.07, 6.45) is 2.29. The van der Waals surface area contributed by atoms with Crippen LogP contribution in [-0.4, -0.2) is 24.0 Å². The fourth-order valence-corrected chi connectivity index (χ4v) is 4.41. The number of aliphatic carboxylic acids is 1. The molecule has 0 radical (unpaired) electrons. The number of aliphatic imine (C=N–C) groups is 1. The smallest absolute Gasteiger partial charge is 0.304 e. The second-order valence-corrected chi connectivity index (χ2v) is 9.80. The van der Waals surface area contributed by atoms with Crippen LogP contribution in [0.25, 0.3) is 0 Å². The van der Waals surface area contributed by atoms with Crippen molar-refractivity contribution in [1.29, 1.82) is 0 Å². The van der Waals surface area contributed by atoms with Gasteiger partial charge in [-0.3, -0.25) is 9.79 Å². The number of nitrogens with zero attached hydrogens (tertiary/aromatic N) is 1. The number of benzene rings is 2. The van der Waals surface area contributed by atoms with E-state index in [0.29, 0.717) is 12.4 Å². The van der Waals surface area contributed by atoms with Crippen LogP contribution < -0.4 is 10.5 Å². The van der Waals surface area contributed by atoms with Gasteiger partial charge in [-0.2, -0.15) is 0 Å². The predicted molar refractivity (Wildman–Crippen MR) is 125 cm³/mol. The summed E-state index contributed by atoms with van der Waals surface area (Å²) in [4.78, 5) is 15.2. The number of ether oxygens (including phenoxy) is 1. The molecule has 0 heterocycles. The predicted octanol–water partition coefficient (Wildman–Crippen LogP) is 5.16. The maximum absolute atomic E-state index is 11.2. The van der Waals surface area contributed by atoms with E-state index in [1.165, 1.54) is 24.0 Å². The van der Waals surface area contributed by atoms with E-state index in [-0.39, 0.29) is 17.3 Å². The summed E-state index contributed by atoms with van der Waals surface area (Å²) >= 11 is 0. The Morgan fingerprint density at radius 3 is 2.26 bits per heavy atom. The minimum absolute atomic E-state index is 0.0926. The molecule has 3 N–H and O–H groups in total. The van der Waals surface area contributed by atoms with Crippen LogP contribution in [0.5, 0.6) is 5.75 Å². The first-order chi connectivity index (χ1) is 14.5. The third-order valence-corrected chi connectivity index (χ3v) is 6.60. The number of carboxylic acid groups (broad SMARTS) is 1. The van der Waals surface area contributed by atoms with Gasteiger partial charge in [0, 0.05) is 7.05 Å². The Bertz CT molecular complexity index is 975. The molecule has 2 aromatic rings. The van der Waals surface area contributed by atoms with Gasteiger partial charge in [0.1, 0.15) is 18.2 Å². The Labute approximate surface area is 185 Å². The van der Waals surface area contributed by atoms with Crippen LogP contribution in [0.4, 0.5) is 0 Å². The zero-order valence-corrected chi connectivity index (χ0v) is 19.2. The molecule has 3 rings (SSSR count). The number of hydrogen-bond acceptors (Lipinski definition) is 3. The number of fused-ring (bicyclic) bond motifs is 1. The lowest BCUT2D eigenvalue weighted by Gasteiger charge is -2.42. The number of carboxylic acids is 1. The van der Waals surface area contributed by atoms with Crippen LogP contribution in [0, 0.1) is 0 Å². The first-order valence-electron chi connectivity index (χ1n) is 10.8. The van der Waals surface area contributed by atoms with Crippen molar-refractivity contribution in [2.45, 2.75) is 70.3 Å². The van der Waals surface area contributed by atoms with Crippen LogP contribution in [-0.2, 0) is 22.2 Å². The van der Waals surface area contributed by atoms with Gasteiger partial charge in [0.05, 0.1) is 12.3 Å². The number of hydrogen-bond donors (Lipinski definition) is 2. The summed E-state index contributed by atoms with van der Waals surface area (Å²) in [5.74, 6) is -0.295. The molecule has 1 aliphatic rings. The Morgan fingerprint density at radius 2 is 1.68 bits per heavy atom. The maximum Gasteiger partial charge on any atom is 0.304 e. The van der Waals surface area contributed by atoms with Gasteiger partial charge in [-0.15, -0.1) is 0 Å². The van der Waals surface area contributed by atoms with E-state index in [2.05, 4.69) is 50.9 Å². The van der Waals surface area contributed by atoms with Gasteiger partial charge in [0.2, 0.25) is 0 Å². The molecule has 5 nitrogen and oxygen atoms in total. The second-order valence-electron chi connectivity index (χ2n) is 9.80. The van der Waals surface area contributed by atoms with E-state index < -0.39 is 11.9 Å². The highest BCUT2D eigenvalue weighted by atomic mass is 16.5. The van der Waals surface area contributed by atoms with Crippen molar-refractivity contribution in [1.82, 2.24) is 0 Å². The molecule has 0 saturated heterocycles. The fraction of sp³-hybridized carbons (Fsp3) is 0.462. The summed E-state index contributed by atoms with van der Waals surface area (Å²) in [5, 5.41) is 9.17. The SMILES string of the molecule is CN=C(N)[C@@H](CC(=O)O)c1ccc(OCc2ccc3c(c2)C(C)(C)CCC3(C)C)cc1. The van der Waals surface area contributed by atoms with Crippen molar-refractivity contribution in [3.05, 3.63) is 64.7 Å². The average Bonchev–Trinajstić information content (AvgIpc) is 2.73. The van der Waals surface area contributed by atoms with E-state index in [0.717, 1.165) is 16.9 Å². The van der Waals surface area contributed by atoms with Crippen molar-refractivity contribution in [3.8, 4) is 5.75 Å². The summed E-state index contributed by atoms with van der Waals surface area (Å²) in [7, 11) is 1.57. The molecule has 0 fully saturated rings. The van der Waals surface area contributed by atoms with Gasteiger partial charge in [0.15, 0.2) is 0 Å². The quantitative estimate of drug-likeness (QED) is 0.477. The largest absolute Gasteiger partial charge is 0.489 e. The van der Waals surface area contributed by atoms with Crippen LogP contribution in [0.2, 0.25) is 0 Å². The number of rotatable bonds is 7. The van der Waals surface area contributed by atoms with Crippen LogP contribution >= 0.6 is 0 Å². The number of carbonyl (C=O) groups is 1. The Morgan fingerprint density at radius 1 is 1.06 bits per heavy atom. The summed E-state index contributed by atoms with van der Waals surface area (Å²) in [5.41, 5.74) is 11.1. The van der Waals surface area contributed by atoms with Crippen molar-refractivity contribution >= 4 is 11.8 Å². The number of nitrogens with two attached hydrogens (primary N) is 1. The first-order valence-corrected chi connectivity index (χ1v) is 10.8. The van der Waals surface area contributed by atoms with Crippen molar-refractivity contribution in [2.75, 3.05) is 7.05 Å². The summed E-state index contributed by atoms with van der Waals surface area (Å²) in [6, 6.07) is 14.2. The molecule has 0 spiro atoms. The molecule has 5 heteroatoms. The highest BCUT2D eigenvalue weighted by Crippen LogP contribution is 2.45. The van der Waals surface area contributed by atoms with E-state index >= 15 is 0 Å². The zero-order valence-electron chi connectivity index (χ0n) is 19.2. The third-order valence-electron chi connectivity index (χ3n) is 6.60. The van der Waals surface area contributed by atoms with Gasteiger partial charge in [-0.05, 0) is 58.1 Å². The monoisotopic (exact) mass is 422 g/mol. The molecule has 0 bridgehead atoms. The molecule has 0 saturated carbocycles. The standard InChI is InChI=1S/C26H34N2O3/c1-25(2)12-13-26(3,4)22-14-17(6-11-21(22)25)16-31-19-9-7-18(8-10-19)20(15-23(29)30)24(27)28-5/h6-11,14,20H,12-13,15-16H2,1-5H3,(H2,27,28)(H,29,30)/t20-/m0/s1. The van der Waals surface area contributed by atoms with Crippen molar-refractivity contribution in [2.24, 2.45) is 10.7 Å². The lowest BCUT2D eigenvalue weighted by atomic mass is 9.63. The normalized spacial score (nSPS) is 18.2. The van der Waals surface area contributed by atoms with Gasteiger partial charge in [-0.25, -0.2) is 0 Å². The molecule has 1 aliphatic carbocycles. The van der Waals surface area contributed by atoms with Gasteiger partial charge >= 0.3 is 5.97 Å².